The first-order chi connectivity index (χ1) is 8.29. The van der Waals surface area contributed by atoms with Gasteiger partial charge in [0.2, 0.25) is 5.91 Å². The van der Waals surface area contributed by atoms with Crippen molar-refractivity contribution in [2.75, 3.05) is 20.2 Å². The second-order valence-electron chi connectivity index (χ2n) is 4.25. The normalized spacial score (nSPS) is 19.0. The van der Waals surface area contributed by atoms with E-state index in [1.165, 1.54) is 0 Å². The fourth-order valence-electron chi connectivity index (χ4n) is 2.08. The Morgan fingerprint density at radius 2 is 2.35 bits per heavy atom. The number of para-hydroxylation sites is 1. The highest BCUT2D eigenvalue weighted by atomic mass is 16.5. The number of hydrogen-bond acceptors (Lipinski definition) is 3. The summed E-state index contributed by atoms with van der Waals surface area (Å²) < 4.78 is 5.22. The number of nitrogens with one attached hydrogen (secondary N) is 2. The summed E-state index contributed by atoms with van der Waals surface area (Å²) in [7, 11) is 1.62. The van der Waals surface area contributed by atoms with E-state index in [1.807, 2.05) is 24.3 Å². The van der Waals surface area contributed by atoms with Gasteiger partial charge < -0.3 is 15.4 Å². The van der Waals surface area contributed by atoms with Crippen LogP contribution in [0, 0.1) is 0 Å². The van der Waals surface area contributed by atoms with Gasteiger partial charge in [0.05, 0.1) is 13.5 Å². The molecule has 1 unspecified atom stereocenters. The van der Waals surface area contributed by atoms with Gasteiger partial charge in [0, 0.05) is 18.2 Å². The fraction of sp³-hybridized carbons (Fsp3) is 0.462. The molecule has 1 aromatic rings. The SMILES string of the molecule is COc1ccccc1CC(=O)NC1CCNC1. The molecular weight excluding hydrogens is 216 g/mol. The van der Waals surface area contributed by atoms with E-state index in [1.54, 1.807) is 7.11 Å². The van der Waals surface area contributed by atoms with E-state index < -0.39 is 0 Å². The van der Waals surface area contributed by atoms with Crippen molar-refractivity contribution >= 4 is 5.91 Å². The monoisotopic (exact) mass is 234 g/mol. The number of carbonyl (C=O) groups is 1. The van der Waals surface area contributed by atoms with Gasteiger partial charge in [-0.25, -0.2) is 0 Å². The maximum absolute atomic E-state index is 11.8. The van der Waals surface area contributed by atoms with Gasteiger partial charge in [0.25, 0.3) is 0 Å². The first-order valence-corrected chi connectivity index (χ1v) is 5.91. The highest BCUT2D eigenvalue weighted by Crippen LogP contribution is 2.17. The van der Waals surface area contributed by atoms with Crippen LogP contribution < -0.4 is 15.4 Å². The Bertz CT molecular complexity index is 387. The predicted molar refractivity (Wildman–Crippen MR) is 66.1 cm³/mol. The van der Waals surface area contributed by atoms with E-state index in [2.05, 4.69) is 10.6 Å². The van der Waals surface area contributed by atoms with Crippen LogP contribution in [0.5, 0.6) is 5.75 Å². The van der Waals surface area contributed by atoms with Crippen molar-refractivity contribution in [1.82, 2.24) is 10.6 Å². The first kappa shape index (κ1) is 11.9. The minimum atomic E-state index is 0.0585. The third kappa shape index (κ3) is 3.20. The van der Waals surface area contributed by atoms with E-state index >= 15 is 0 Å². The van der Waals surface area contributed by atoms with Gasteiger partial charge in [-0.3, -0.25) is 4.79 Å². The Balaban J connectivity index is 1.92. The highest BCUT2D eigenvalue weighted by molar-refractivity contribution is 5.79. The molecule has 1 amide bonds. The van der Waals surface area contributed by atoms with Crippen LogP contribution in [0.25, 0.3) is 0 Å². The highest BCUT2D eigenvalue weighted by Gasteiger charge is 2.17. The molecule has 4 heteroatoms. The van der Waals surface area contributed by atoms with Crippen LogP contribution in [0.2, 0.25) is 0 Å². The topological polar surface area (TPSA) is 50.4 Å². The largest absolute Gasteiger partial charge is 0.496 e. The van der Waals surface area contributed by atoms with Crippen molar-refractivity contribution in [1.29, 1.82) is 0 Å². The summed E-state index contributed by atoms with van der Waals surface area (Å²) in [5.41, 5.74) is 0.929. The second-order valence-corrected chi connectivity index (χ2v) is 4.25. The van der Waals surface area contributed by atoms with Gasteiger partial charge in [-0.05, 0) is 19.0 Å². The van der Waals surface area contributed by atoms with Gasteiger partial charge in [-0.2, -0.15) is 0 Å². The lowest BCUT2D eigenvalue weighted by molar-refractivity contribution is -0.121. The van der Waals surface area contributed by atoms with Crippen molar-refractivity contribution in [3.05, 3.63) is 29.8 Å². The van der Waals surface area contributed by atoms with Crippen LogP contribution in [0.4, 0.5) is 0 Å². The maximum Gasteiger partial charge on any atom is 0.224 e. The summed E-state index contributed by atoms with van der Waals surface area (Å²) in [6, 6.07) is 7.89. The number of methoxy groups -OCH3 is 1. The van der Waals surface area contributed by atoms with Crippen LogP contribution in [0.1, 0.15) is 12.0 Å². The molecule has 0 radical (unpaired) electrons. The van der Waals surface area contributed by atoms with Gasteiger partial charge in [0.1, 0.15) is 5.75 Å². The third-order valence-corrected chi connectivity index (χ3v) is 2.97. The smallest absolute Gasteiger partial charge is 0.224 e. The number of carbonyl (C=O) groups excluding carboxylic acids is 1. The number of amides is 1. The lowest BCUT2D eigenvalue weighted by Crippen LogP contribution is -2.37. The molecule has 1 fully saturated rings. The molecule has 1 aliphatic heterocycles. The summed E-state index contributed by atoms with van der Waals surface area (Å²) in [6.45, 7) is 1.86. The lowest BCUT2D eigenvalue weighted by atomic mass is 10.1. The van der Waals surface area contributed by atoms with Crippen LogP contribution >= 0.6 is 0 Å². The Labute approximate surface area is 101 Å². The van der Waals surface area contributed by atoms with Crippen LogP contribution in [-0.4, -0.2) is 32.1 Å². The standard InChI is InChI=1S/C13H18N2O2/c1-17-12-5-3-2-4-10(12)8-13(16)15-11-6-7-14-9-11/h2-5,11,14H,6-9H2,1H3,(H,15,16). The van der Waals surface area contributed by atoms with Crippen LogP contribution in [-0.2, 0) is 11.2 Å². The molecule has 1 heterocycles. The molecule has 0 aromatic heterocycles. The van der Waals surface area contributed by atoms with E-state index in [0.29, 0.717) is 6.42 Å². The van der Waals surface area contributed by atoms with E-state index in [-0.39, 0.29) is 11.9 Å². The average molecular weight is 234 g/mol. The number of benzene rings is 1. The zero-order valence-electron chi connectivity index (χ0n) is 10.0. The lowest BCUT2D eigenvalue weighted by Gasteiger charge is -2.12. The van der Waals surface area contributed by atoms with Crippen LogP contribution in [0.3, 0.4) is 0 Å². The van der Waals surface area contributed by atoms with Gasteiger partial charge >= 0.3 is 0 Å². The molecule has 4 nitrogen and oxygen atoms in total. The molecule has 92 valence electrons. The van der Waals surface area contributed by atoms with E-state index in [4.69, 9.17) is 4.74 Å². The maximum atomic E-state index is 11.8. The molecule has 0 aliphatic carbocycles. The van der Waals surface area contributed by atoms with Crippen molar-refractivity contribution in [3.63, 3.8) is 0 Å². The van der Waals surface area contributed by atoms with Crippen molar-refractivity contribution < 1.29 is 9.53 Å². The van der Waals surface area contributed by atoms with Gasteiger partial charge in [-0.1, -0.05) is 18.2 Å². The molecule has 1 aromatic carbocycles. The molecule has 1 atom stereocenters. The summed E-state index contributed by atoms with van der Waals surface area (Å²) in [6.07, 6.45) is 1.39. The fourth-order valence-corrected chi connectivity index (χ4v) is 2.08. The van der Waals surface area contributed by atoms with Gasteiger partial charge in [0.15, 0.2) is 0 Å². The zero-order valence-corrected chi connectivity index (χ0v) is 10.0. The Morgan fingerprint density at radius 3 is 3.06 bits per heavy atom. The Morgan fingerprint density at radius 1 is 1.53 bits per heavy atom. The third-order valence-electron chi connectivity index (χ3n) is 2.97. The first-order valence-electron chi connectivity index (χ1n) is 5.91. The quantitative estimate of drug-likeness (QED) is 0.807. The second kappa shape index (κ2) is 5.68. The molecule has 0 spiro atoms. The average Bonchev–Trinajstić information content (AvgIpc) is 2.82. The molecule has 2 N–H and O–H groups in total. The zero-order chi connectivity index (χ0) is 12.1. The molecule has 0 saturated carbocycles. The minimum absolute atomic E-state index is 0.0585. The molecule has 1 aliphatic rings. The molecule has 0 bridgehead atoms. The number of ether oxygens (including phenoxy) is 1. The van der Waals surface area contributed by atoms with Crippen molar-refractivity contribution in [3.8, 4) is 5.75 Å². The number of hydrogen-bond donors (Lipinski definition) is 2. The molecule has 1 saturated heterocycles. The Hall–Kier alpha value is -1.55. The van der Waals surface area contributed by atoms with E-state index in [9.17, 15) is 4.79 Å². The van der Waals surface area contributed by atoms with Crippen LogP contribution in [0.15, 0.2) is 24.3 Å². The predicted octanol–water partition coefficient (Wildman–Crippen LogP) is 0.716. The molecular formula is C13H18N2O2. The van der Waals surface area contributed by atoms with E-state index in [0.717, 1.165) is 30.8 Å². The minimum Gasteiger partial charge on any atom is -0.496 e. The Kier molecular flexibility index (Phi) is 3.98. The summed E-state index contributed by atoms with van der Waals surface area (Å²) in [4.78, 5) is 11.8. The van der Waals surface area contributed by atoms with Gasteiger partial charge in [-0.15, -0.1) is 0 Å². The van der Waals surface area contributed by atoms with Crippen molar-refractivity contribution in [2.24, 2.45) is 0 Å². The summed E-state index contributed by atoms with van der Waals surface area (Å²) in [5.74, 6) is 0.829. The molecule has 2 rings (SSSR count). The summed E-state index contributed by atoms with van der Waals surface area (Å²) >= 11 is 0. The van der Waals surface area contributed by atoms with Crippen molar-refractivity contribution in [2.45, 2.75) is 18.9 Å². The number of rotatable bonds is 4. The summed E-state index contributed by atoms with van der Waals surface area (Å²) in [5, 5.41) is 6.25. The molecule has 17 heavy (non-hydrogen) atoms.